The van der Waals surface area contributed by atoms with Crippen molar-refractivity contribution in [1.82, 2.24) is 9.62 Å². The van der Waals surface area contributed by atoms with Crippen molar-refractivity contribution < 1.29 is 8.42 Å². The van der Waals surface area contributed by atoms with Gasteiger partial charge in [-0.25, -0.2) is 13.1 Å². The number of benzene rings is 2. The predicted molar refractivity (Wildman–Crippen MR) is 120 cm³/mol. The molecule has 2 aromatic carbocycles. The molecular weight excluding hydrogens is 404 g/mol. The molecule has 1 atom stereocenters. The van der Waals surface area contributed by atoms with Crippen molar-refractivity contribution in [1.29, 1.82) is 0 Å². The lowest BCUT2D eigenvalue weighted by atomic mass is 9.90. The van der Waals surface area contributed by atoms with Crippen LogP contribution in [0.1, 0.15) is 57.6 Å². The smallest absolute Gasteiger partial charge is 0.240 e. The summed E-state index contributed by atoms with van der Waals surface area (Å²) in [6.45, 7) is 4.75. The average molecular weight is 435 g/mol. The molecule has 0 unspecified atom stereocenters. The molecular formula is C23H31ClN2O2S. The van der Waals surface area contributed by atoms with E-state index in [1.807, 2.05) is 18.2 Å². The van der Waals surface area contributed by atoms with Crippen molar-refractivity contribution in [3.63, 3.8) is 0 Å². The summed E-state index contributed by atoms with van der Waals surface area (Å²) < 4.78 is 28.6. The van der Waals surface area contributed by atoms with Gasteiger partial charge >= 0.3 is 0 Å². The van der Waals surface area contributed by atoms with E-state index >= 15 is 0 Å². The van der Waals surface area contributed by atoms with Gasteiger partial charge in [-0.2, -0.15) is 0 Å². The van der Waals surface area contributed by atoms with Crippen LogP contribution in [0.25, 0.3) is 0 Å². The predicted octanol–water partition coefficient (Wildman–Crippen LogP) is 5.40. The Kier molecular flexibility index (Phi) is 7.74. The molecule has 29 heavy (non-hydrogen) atoms. The van der Waals surface area contributed by atoms with Crippen LogP contribution in [-0.2, 0) is 10.0 Å². The zero-order valence-electron chi connectivity index (χ0n) is 17.2. The monoisotopic (exact) mass is 434 g/mol. The fourth-order valence-corrected chi connectivity index (χ4v) is 5.54. The second kappa shape index (κ2) is 10.1. The van der Waals surface area contributed by atoms with E-state index in [1.54, 1.807) is 24.3 Å². The van der Waals surface area contributed by atoms with Crippen LogP contribution in [0.2, 0.25) is 5.02 Å². The van der Waals surface area contributed by atoms with Gasteiger partial charge in [-0.05, 0) is 56.5 Å². The van der Waals surface area contributed by atoms with Crippen LogP contribution < -0.4 is 4.72 Å². The Morgan fingerprint density at radius 1 is 1.00 bits per heavy atom. The molecule has 0 bridgehead atoms. The summed E-state index contributed by atoms with van der Waals surface area (Å²) in [6, 6.07) is 17.3. The maximum Gasteiger partial charge on any atom is 0.240 e. The standard InChI is InChI=1S/C23H31ClN2O2S/c1-18(2)26(21-11-7-4-8-12-21)23(19-9-5-3-6-10-19)17-25-29(27,28)22-15-13-20(24)14-16-22/h3,5-6,9-10,13-16,18,21,23,25H,4,7-8,11-12,17H2,1-2H3/t23-/m1/s1. The minimum Gasteiger partial charge on any atom is -0.290 e. The zero-order valence-corrected chi connectivity index (χ0v) is 18.8. The van der Waals surface area contributed by atoms with Gasteiger partial charge < -0.3 is 0 Å². The summed E-state index contributed by atoms with van der Waals surface area (Å²) in [4.78, 5) is 2.75. The molecule has 0 heterocycles. The topological polar surface area (TPSA) is 49.4 Å². The van der Waals surface area contributed by atoms with Crippen LogP contribution in [0.15, 0.2) is 59.5 Å². The van der Waals surface area contributed by atoms with Gasteiger partial charge in [0.25, 0.3) is 0 Å². The third-order valence-electron chi connectivity index (χ3n) is 5.73. The van der Waals surface area contributed by atoms with E-state index in [1.165, 1.54) is 32.1 Å². The Hall–Kier alpha value is -1.40. The fraction of sp³-hybridized carbons (Fsp3) is 0.478. The maximum absolute atomic E-state index is 12.9. The largest absolute Gasteiger partial charge is 0.290 e. The molecule has 1 saturated carbocycles. The van der Waals surface area contributed by atoms with Crippen molar-refractivity contribution in [3.8, 4) is 0 Å². The molecule has 3 rings (SSSR count). The molecule has 158 valence electrons. The normalized spacial score (nSPS) is 17.0. The molecule has 0 saturated heterocycles. The van der Waals surface area contributed by atoms with Crippen LogP contribution in [0.3, 0.4) is 0 Å². The summed E-state index contributed by atoms with van der Waals surface area (Å²) in [7, 11) is -3.61. The van der Waals surface area contributed by atoms with Crippen LogP contribution in [0.5, 0.6) is 0 Å². The third-order valence-corrected chi connectivity index (χ3v) is 7.42. The van der Waals surface area contributed by atoms with Gasteiger partial charge in [-0.15, -0.1) is 0 Å². The van der Waals surface area contributed by atoms with Crippen molar-refractivity contribution in [2.45, 2.75) is 69.0 Å². The van der Waals surface area contributed by atoms with Crippen molar-refractivity contribution in [2.75, 3.05) is 6.54 Å². The van der Waals surface area contributed by atoms with E-state index in [9.17, 15) is 8.42 Å². The highest BCUT2D eigenvalue weighted by atomic mass is 35.5. The number of halogens is 1. The van der Waals surface area contributed by atoms with Crippen molar-refractivity contribution >= 4 is 21.6 Å². The minimum atomic E-state index is -3.61. The first-order chi connectivity index (χ1) is 13.9. The van der Waals surface area contributed by atoms with E-state index < -0.39 is 10.0 Å². The van der Waals surface area contributed by atoms with Crippen molar-refractivity contribution in [3.05, 3.63) is 65.2 Å². The molecule has 2 aromatic rings. The Morgan fingerprint density at radius 3 is 2.21 bits per heavy atom. The average Bonchev–Trinajstić information content (AvgIpc) is 2.72. The first-order valence-corrected chi connectivity index (χ1v) is 12.3. The van der Waals surface area contributed by atoms with Gasteiger partial charge in [0, 0.05) is 29.7 Å². The molecule has 0 aliphatic heterocycles. The van der Waals surface area contributed by atoms with Crippen LogP contribution in [0, 0.1) is 0 Å². The van der Waals surface area contributed by atoms with Gasteiger partial charge in [0.05, 0.1) is 4.90 Å². The van der Waals surface area contributed by atoms with Crippen LogP contribution >= 0.6 is 11.6 Å². The molecule has 0 amide bonds. The highest BCUT2D eigenvalue weighted by molar-refractivity contribution is 7.89. The molecule has 1 aliphatic carbocycles. The summed E-state index contributed by atoms with van der Waals surface area (Å²) in [5.41, 5.74) is 1.14. The molecule has 1 fully saturated rings. The summed E-state index contributed by atoms with van der Waals surface area (Å²) in [5.74, 6) is 0. The third kappa shape index (κ3) is 5.82. The Balaban J connectivity index is 1.86. The summed E-state index contributed by atoms with van der Waals surface area (Å²) in [6.07, 6.45) is 6.12. The second-order valence-corrected chi connectivity index (χ2v) is 10.3. The lowest BCUT2D eigenvalue weighted by molar-refractivity contribution is 0.0715. The lowest BCUT2D eigenvalue weighted by Gasteiger charge is -2.43. The van der Waals surface area contributed by atoms with Crippen molar-refractivity contribution in [2.24, 2.45) is 0 Å². The highest BCUT2D eigenvalue weighted by Gasteiger charge is 2.31. The Bertz CT molecular complexity index is 864. The summed E-state index contributed by atoms with van der Waals surface area (Å²) in [5, 5.41) is 0.523. The number of rotatable bonds is 8. The number of nitrogens with zero attached hydrogens (tertiary/aromatic N) is 1. The number of sulfonamides is 1. The van der Waals surface area contributed by atoms with Crippen LogP contribution in [0.4, 0.5) is 0 Å². The maximum atomic E-state index is 12.9. The van der Waals surface area contributed by atoms with Gasteiger partial charge in [-0.3, -0.25) is 4.90 Å². The number of nitrogens with one attached hydrogen (secondary N) is 1. The van der Waals surface area contributed by atoms with Gasteiger partial charge in [0.2, 0.25) is 10.0 Å². The molecule has 4 nitrogen and oxygen atoms in total. The quantitative estimate of drug-likeness (QED) is 0.604. The molecule has 0 aromatic heterocycles. The first-order valence-electron chi connectivity index (χ1n) is 10.5. The molecule has 1 aliphatic rings. The first kappa shape index (κ1) is 22.3. The van der Waals surface area contributed by atoms with E-state index in [0.717, 1.165) is 5.56 Å². The SMILES string of the molecule is CC(C)N(C1CCCCC1)[C@H](CNS(=O)(=O)c1ccc(Cl)cc1)c1ccccc1. The molecule has 0 radical (unpaired) electrons. The second-order valence-electron chi connectivity index (χ2n) is 8.07. The number of hydrogen-bond donors (Lipinski definition) is 1. The van der Waals surface area contributed by atoms with E-state index in [4.69, 9.17) is 11.6 Å². The molecule has 6 heteroatoms. The van der Waals surface area contributed by atoms with E-state index in [2.05, 4.69) is 35.6 Å². The number of hydrogen-bond acceptors (Lipinski definition) is 3. The highest BCUT2D eigenvalue weighted by Crippen LogP contribution is 2.32. The molecule has 1 N–H and O–H groups in total. The van der Waals surface area contributed by atoms with E-state index in [0.29, 0.717) is 23.7 Å². The lowest BCUT2D eigenvalue weighted by Crippen LogP contribution is -2.47. The van der Waals surface area contributed by atoms with E-state index in [-0.39, 0.29) is 10.9 Å². The minimum absolute atomic E-state index is 0.0126. The summed E-state index contributed by atoms with van der Waals surface area (Å²) >= 11 is 5.91. The fourth-order valence-electron chi connectivity index (χ4n) is 4.37. The van der Waals surface area contributed by atoms with Crippen LogP contribution in [-0.4, -0.2) is 31.9 Å². The zero-order chi connectivity index (χ0) is 20.9. The van der Waals surface area contributed by atoms with Gasteiger partial charge in [0.15, 0.2) is 0 Å². The Morgan fingerprint density at radius 2 is 1.62 bits per heavy atom. The van der Waals surface area contributed by atoms with Gasteiger partial charge in [0.1, 0.15) is 0 Å². The Labute approximate surface area is 180 Å². The van der Waals surface area contributed by atoms with Gasteiger partial charge in [-0.1, -0.05) is 61.2 Å². The molecule has 0 spiro atoms.